The summed E-state index contributed by atoms with van der Waals surface area (Å²) in [7, 11) is 4.78. The smallest absolute Gasteiger partial charge is 0.307 e. The lowest BCUT2D eigenvalue weighted by molar-refractivity contribution is -0.144. The highest BCUT2D eigenvalue weighted by Crippen LogP contribution is 2.38. The predicted molar refractivity (Wildman–Crippen MR) is 181 cm³/mol. The number of carbonyl (C=O) groups is 4. The monoisotopic (exact) mass is 685 g/mol. The molecule has 2 heterocycles. The second kappa shape index (κ2) is 17.0. The largest absolute Gasteiger partial charge is 0.493 e. The van der Waals surface area contributed by atoms with Crippen LogP contribution in [-0.2, 0) is 19.1 Å². The van der Waals surface area contributed by atoms with Gasteiger partial charge in [0, 0.05) is 48.0 Å². The minimum atomic E-state index is -0.386. The third kappa shape index (κ3) is 9.35. The molecular weight excluding hydrogens is 647 g/mol. The Hall–Kier alpha value is -4.36. The summed E-state index contributed by atoms with van der Waals surface area (Å²) >= 11 is 2.69. The van der Waals surface area contributed by atoms with Gasteiger partial charge in [-0.1, -0.05) is 0 Å². The van der Waals surface area contributed by atoms with E-state index in [-0.39, 0.29) is 56.0 Å². The molecule has 2 aromatic heterocycles. The Kier molecular flexibility index (Phi) is 12.8. The van der Waals surface area contributed by atoms with E-state index in [0.717, 1.165) is 20.2 Å². The number of amides is 1. The standard InChI is InChI=1S/C34H39NO10S2/c1-6-42-32(37)10-9-23(36)30-17-21-15-24(40-4)26(19-28(21)46-30)44-13-8-14-45-27-20-29-22(16-25(27)41-5)18-31(47-29)34(39)35(3)12-11-33(38)43-7-2/h15-20H,6-14H2,1-5H3. The van der Waals surface area contributed by atoms with Gasteiger partial charge in [0.1, 0.15) is 0 Å². The first kappa shape index (κ1) is 35.5. The summed E-state index contributed by atoms with van der Waals surface area (Å²) in [5.41, 5.74) is 0. The van der Waals surface area contributed by atoms with Gasteiger partial charge in [0.15, 0.2) is 28.8 Å². The molecule has 252 valence electrons. The molecule has 0 aliphatic carbocycles. The molecule has 0 radical (unpaired) electrons. The number of Topliss-reactive ketones (excluding diaryl/α,β-unsaturated/α-hetero) is 1. The highest BCUT2D eigenvalue weighted by molar-refractivity contribution is 7.21. The number of hydrogen-bond donors (Lipinski definition) is 0. The summed E-state index contributed by atoms with van der Waals surface area (Å²) in [4.78, 5) is 51.6. The fraction of sp³-hybridized carbons (Fsp3) is 0.412. The van der Waals surface area contributed by atoms with Crippen LogP contribution in [0.1, 0.15) is 58.9 Å². The molecule has 2 aromatic carbocycles. The lowest BCUT2D eigenvalue weighted by Gasteiger charge is -2.15. The molecule has 13 heteroatoms. The zero-order chi connectivity index (χ0) is 33.9. The van der Waals surface area contributed by atoms with Gasteiger partial charge < -0.3 is 33.3 Å². The topological polar surface area (TPSA) is 127 Å². The van der Waals surface area contributed by atoms with Crippen LogP contribution in [0, 0.1) is 0 Å². The van der Waals surface area contributed by atoms with Crippen LogP contribution in [0.4, 0.5) is 0 Å². The predicted octanol–water partition coefficient (Wildman–Crippen LogP) is 6.53. The molecular formula is C34H39NO10S2. The number of esters is 2. The minimum absolute atomic E-state index is 0.0475. The van der Waals surface area contributed by atoms with Crippen LogP contribution < -0.4 is 18.9 Å². The summed E-state index contributed by atoms with van der Waals surface area (Å²) in [5, 5.41) is 1.70. The number of rotatable bonds is 18. The Balaban J connectivity index is 1.34. The fourth-order valence-corrected chi connectivity index (χ4v) is 6.77. The van der Waals surface area contributed by atoms with Gasteiger partial charge >= 0.3 is 11.9 Å². The zero-order valence-electron chi connectivity index (χ0n) is 27.2. The first-order valence-corrected chi connectivity index (χ1v) is 16.9. The van der Waals surface area contributed by atoms with Crippen molar-refractivity contribution in [1.29, 1.82) is 0 Å². The van der Waals surface area contributed by atoms with E-state index >= 15 is 0 Å². The molecule has 0 aliphatic rings. The van der Waals surface area contributed by atoms with Crippen LogP contribution in [0.2, 0.25) is 0 Å². The molecule has 11 nitrogen and oxygen atoms in total. The summed E-state index contributed by atoms with van der Waals surface area (Å²) in [6.45, 7) is 5.02. The van der Waals surface area contributed by atoms with Crippen molar-refractivity contribution in [1.82, 2.24) is 4.90 Å². The van der Waals surface area contributed by atoms with Gasteiger partial charge in [0.25, 0.3) is 5.91 Å². The molecule has 0 saturated heterocycles. The van der Waals surface area contributed by atoms with E-state index in [9.17, 15) is 19.2 Å². The molecule has 0 bridgehead atoms. The van der Waals surface area contributed by atoms with E-state index in [1.54, 1.807) is 41.2 Å². The van der Waals surface area contributed by atoms with E-state index in [1.807, 2.05) is 30.3 Å². The Labute approximate surface area is 281 Å². The van der Waals surface area contributed by atoms with Crippen molar-refractivity contribution in [3.05, 3.63) is 46.2 Å². The first-order chi connectivity index (χ1) is 22.7. The van der Waals surface area contributed by atoms with Crippen molar-refractivity contribution in [3.63, 3.8) is 0 Å². The Morgan fingerprint density at radius 3 is 1.70 bits per heavy atom. The summed E-state index contributed by atoms with van der Waals surface area (Å²) in [6.07, 6.45) is 0.828. The average Bonchev–Trinajstić information content (AvgIpc) is 3.68. The number of nitrogens with zero attached hydrogens (tertiary/aromatic N) is 1. The lowest BCUT2D eigenvalue weighted by Crippen LogP contribution is -2.28. The number of carbonyl (C=O) groups excluding carboxylic acids is 4. The van der Waals surface area contributed by atoms with E-state index < -0.39 is 0 Å². The fourth-order valence-electron chi connectivity index (χ4n) is 4.66. The van der Waals surface area contributed by atoms with Crippen LogP contribution in [0.15, 0.2) is 36.4 Å². The molecule has 0 saturated carbocycles. The van der Waals surface area contributed by atoms with Crippen molar-refractivity contribution in [2.75, 3.05) is 54.2 Å². The molecule has 0 spiro atoms. The summed E-state index contributed by atoms with van der Waals surface area (Å²) in [6, 6.07) is 11.0. The number of ketones is 1. The van der Waals surface area contributed by atoms with E-state index in [4.69, 9.17) is 28.4 Å². The third-order valence-electron chi connectivity index (χ3n) is 7.06. The number of benzene rings is 2. The van der Waals surface area contributed by atoms with Gasteiger partial charge in [0.2, 0.25) is 0 Å². The second-order valence-corrected chi connectivity index (χ2v) is 12.5. The van der Waals surface area contributed by atoms with Crippen molar-refractivity contribution < 1.29 is 47.6 Å². The second-order valence-electron chi connectivity index (χ2n) is 10.4. The first-order valence-electron chi connectivity index (χ1n) is 15.3. The molecule has 1 amide bonds. The van der Waals surface area contributed by atoms with Crippen molar-refractivity contribution >= 4 is 66.5 Å². The molecule has 0 N–H and O–H groups in total. The van der Waals surface area contributed by atoms with Crippen LogP contribution in [0.3, 0.4) is 0 Å². The number of ether oxygens (including phenoxy) is 6. The van der Waals surface area contributed by atoms with Crippen LogP contribution in [0.25, 0.3) is 20.2 Å². The molecule has 47 heavy (non-hydrogen) atoms. The number of thiophene rings is 2. The quantitative estimate of drug-likeness (QED) is 0.0648. The highest BCUT2D eigenvalue weighted by Gasteiger charge is 2.19. The zero-order valence-corrected chi connectivity index (χ0v) is 28.8. The maximum atomic E-state index is 13.0. The third-order valence-corrected chi connectivity index (χ3v) is 9.28. The van der Waals surface area contributed by atoms with Gasteiger partial charge in [-0.05, 0) is 48.9 Å². The minimum Gasteiger partial charge on any atom is -0.493 e. The van der Waals surface area contributed by atoms with Crippen molar-refractivity contribution in [2.45, 2.75) is 39.5 Å². The molecule has 0 fully saturated rings. The Morgan fingerprint density at radius 1 is 0.660 bits per heavy atom. The molecule has 0 aliphatic heterocycles. The maximum Gasteiger partial charge on any atom is 0.307 e. The SMILES string of the molecule is CCOC(=O)CCC(=O)c1cc2cc(OC)c(OCCCOc3cc4sc(C(=O)N(C)CCC(=O)OCC)cc4cc3OC)cc2s1. The maximum absolute atomic E-state index is 13.0. The van der Waals surface area contributed by atoms with Crippen molar-refractivity contribution in [3.8, 4) is 23.0 Å². The average molecular weight is 686 g/mol. The summed E-state index contributed by atoms with van der Waals surface area (Å²) in [5.74, 6) is 1.17. The van der Waals surface area contributed by atoms with Gasteiger partial charge in [-0.15, -0.1) is 22.7 Å². The molecule has 0 atom stereocenters. The number of methoxy groups -OCH3 is 2. The normalized spacial score (nSPS) is 10.9. The van der Waals surface area contributed by atoms with E-state index in [1.165, 1.54) is 27.6 Å². The van der Waals surface area contributed by atoms with Crippen LogP contribution >= 0.6 is 22.7 Å². The molecule has 0 unspecified atom stereocenters. The van der Waals surface area contributed by atoms with Gasteiger partial charge in [-0.2, -0.15) is 0 Å². The molecule has 4 aromatic rings. The van der Waals surface area contributed by atoms with Crippen molar-refractivity contribution in [2.24, 2.45) is 0 Å². The van der Waals surface area contributed by atoms with Gasteiger partial charge in [-0.3, -0.25) is 19.2 Å². The van der Waals surface area contributed by atoms with Gasteiger partial charge in [0.05, 0.1) is 63.2 Å². The van der Waals surface area contributed by atoms with Crippen LogP contribution in [0.5, 0.6) is 23.0 Å². The number of hydrogen-bond acceptors (Lipinski definition) is 12. The molecule has 4 rings (SSSR count). The number of fused-ring (bicyclic) bond motifs is 2. The van der Waals surface area contributed by atoms with Crippen LogP contribution in [-0.4, -0.2) is 82.8 Å². The summed E-state index contributed by atoms with van der Waals surface area (Å²) < 4.78 is 34.8. The Bertz CT molecular complexity index is 1730. The lowest BCUT2D eigenvalue weighted by atomic mass is 10.1. The Morgan fingerprint density at radius 2 is 1.17 bits per heavy atom. The van der Waals surface area contributed by atoms with E-state index in [0.29, 0.717) is 59.0 Å². The van der Waals surface area contributed by atoms with E-state index in [2.05, 4.69) is 0 Å². The van der Waals surface area contributed by atoms with Gasteiger partial charge in [-0.25, -0.2) is 0 Å². The highest BCUT2D eigenvalue weighted by atomic mass is 32.1.